The lowest BCUT2D eigenvalue weighted by Crippen LogP contribution is -2.60. The van der Waals surface area contributed by atoms with Crippen molar-refractivity contribution < 1.29 is 14.4 Å². The molecule has 0 radical (unpaired) electrons. The smallest absolute Gasteiger partial charge is 0.246 e. The Labute approximate surface area is 223 Å². The summed E-state index contributed by atoms with van der Waals surface area (Å²) in [6.45, 7) is 4.37. The van der Waals surface area contributed by atoms with Gasteiger partial charge >= 0.3 is 0 Å². The van der Waals surface area contributed by atoms with E-state index in [1.54, 1.807) is 7.05 Å². The lowest BCUT2D eigenvalue weighted by atomic mass is 9.97. The maximum atomic E-state index is 13.3. The Bertz CT molecular complexity index is 1270. The standard InChI is InChI=1S/C30H32ClN3O3/c1-20-14-21(2)16-25(15-20)24-8-4-23(5-9-24)17-27-30(37)34(19-29(36)33(27)3)18-28(35)32-13-12-22-6-10-26(31)11-7-22/h4-11,14-16,27H,12-13,17-19H2,1-3H3,(H,32,35). The molecule has 1 N–H and O–H groups in total. The molecule has 1 atom stereocenters. The lowest BCUT2D eigenvalue weighted by molar-refractivity contribution is -0.155. The first-order valence-electron chi connectivity index (χ1n) is 12.4. The highest BCUT2D eigenvalue weighted by atomic mass is 35.5. The van der Waals surface area contributed by atoms with Crippen LogP contribution in [0.2, 0.25) is 5.02 Å². The molecular weight excluding hydrogens is 486 g/mol. The molecule has 3 aromatic carbocycles. The van der Waals surface area contributed by atoms with E-state index in [1.807, 2.05) is 48.5 Å². The van der Waals surface area contributed by atoms with E-state index in [-0.39, 0.29) is 30.8 Å². The molecule has 0 bridgehead atoms. The molecule has 1 fully saturated rings. The minimum absolute atomic E-state index is 0.0952. The fraction of sp³-hybridized carbons (Fsp3) is 0.300. The molecular formula is C30H32ClN3O3. The number of piperazine rings is 1. The molecule has 1 saturated heterocycles. The van der Waals surface area contributed by atoms with Crippen LogP contribution in [-0.2, 0) is 27.2 Å². The molecule has 6 nitrogen and oxygen atoms in total. The summed E-state index contributed by atoms with van der Waals surface area (Å²) in [6, 6.07) is 21.3. The summed E-state index contributed by atoms with van der Waals surface area (Å²) in [5.41, 5.74) is 6.69. The summed E-state index contributed by atoms with van der Waals surface area (Å²) in [5, 5.41) is 3.51. The highest BCUT2D eigenvalue weighted by molar-refractivity contribution is 6.30. The number of hydrogen-bond donors (Lipinski definition) is 1. The Morgan fingerprint density at radius 3 is 2.19 bits per heavy atom. The van der Waals surface area contributed by atoms with Gasteiger partial charge in [-0.1, -0.05) is 77.3 Å². The lowest BCUT2D eigenvalue weighted by Gasteiger charge is -2.38. The Hall–Kier alpha value is -3.64. The van der Waals surface area contributed by atoms with Crippen molar-refractivity contribution in [2.45, 2.75) is 32.7 Å². The van der Waals surface area contributed by atoms with E-state index in [2.05, 4.69) is 37.4 Å². The number of carbonyl (C=O) groups excluding carboxylic acids is 3. The number of aryl methyl sites for hydroxylation is 2. The molecule has 1 aliphatic rings. The molecule has 37 heavy (non-hydrogen) atoms. The summed E-state index contributed by atoms with van der Waals surface area (Å²) >= 11 is 5.91. The number of hydrogen-bond acceptors (Lipinski definition) is 3. The first-order valence-corrected chi connectivity index (χ1v) is 12.8. The van der Waals surface area contributed by atoms with Crippen LogP contribution >= 0.6 is 11.6 Å². The Kier molecular flexibility index (Phi) is 8.29. The van der Waals surface area contributed by atoms with Crippen LogP contribution in [0, 0.1) is 13.8 Å². The fourth-order valence-electron chi connectivity index (χ4n) is 4.69. The molecule has 1 aliphatic heterocycles. The number of nitrogens with one attached hydrogen (secondary N) is 1. The van der Waals surface area contributed by atoms with Gasteiger partial charge in [0.1, 0.15) is 19.1 Å². The third-order valence-electron chi connectivity index (χ3n) is 6.71. The van der Waals surface area contributed by atoms with E-state index in [0.29, 0.717) is 24.4 Å². The highest BCUT2D eigenvalue weighted by Crippen LogP contribution is 2.24. The molecule has 3 amide bonds. The van der Waals surface area contributed by atoms with Crippen LogP contribution in [0.5, 0.6) is 0 Å². The molecule has 0 aromatic heterocycles. The number of carbonyl (C=O) groups is 3. The largest absolute Gasteiger partial charge is 0.354 e. The molecule has 3 aromatic rings. The monoisotopic (exact) mass is 517 g/mol. The van der Waals surface area contributed by atoms with Crippen LogP contribution in [0.15, 0.2) is 66.7 Å². The van der Waals surface area contributed by atoms with Gasteiger partial charge in [-0.05, 0) is 54.7 Å². The zero-order valence-corrected chi connectivity index (χ0v) is 22.2. The second kappa shape index (κ2) is 11.6. The van der Waals surface area contributed by atoms with Gasteiger partial charge in [-0.2, -0.15) is 0 Å². The maximum absolute atomic E-state index is 13.3. The molecule has 192 valence electrons. The van der Waals surface area contributed by atoms with Crippen molar-refractivity contribution >= 4 is 29.3 Å². The third-order valence-corrected chi connectivity index (χ3v) is 6.96. The number of rotatable bonds is 8. The molecule has 4 rings (SSSR count). The van der Waals surface area contributed by atoms with Crippen molar-refractivity contribution in [1.82, 2.24) is 15.1 Å². The van der Waals surface area contributed by atoms with Crippen molar-refractivity contribution in [1.29, 1.82) is 0 Å². The van der Waals surface area contributed by atoms with Gasteiger partial charge < -0.3 is 15.1 Å². The zero-order chi connectivity index (χ0) is 26.5. The molecule has 0 aliphatic carbocycles. The quantitative estimate of drug-likeness (QED) is 0.487. The molecule has 1 unspecified atom stereocenters. The van der Waals surface area contributed by atoms with Gasteiger partial charge in [-0.3, -0.25) is 14.4 Å². The normalized spacial score (nSPS) is 15.7. The van der Waals surface area contributed by atoms with Crippen molar-refractivity contribution in [2.24, 2.45) is 0 Å². The van der Waals surface area contributed by atoms with E-state index >= 15 is 0 Å². The minimum atomic E-state index is -0.643. The first kappa shape index (κ1) is 26.4. The van der Waals surface area contributed by atoms with Crippen molar-refractivity contribution in [3.63, 3.8) is 0 Å². The number of likely N-dealkylation sites (N-methyl/N-ethyl adjacent to an activating group) is 1. The average molecular weight is 518 g/mol. The Morgan fingerprint density at radius 1 is 0.919 bits per heavy atom. The number of benzene rings is 3. The van der Waals surface area contributed by atoms with E-state index in [0.717, 1.165) is 22.3 Å². The van der Waals surface area contributed by atoms with Gasteiger partial charge in [0.05, 0.1) is 0 Å². The van der Waals surface area contributed by atoms with Crippen LogP contribution < -0.4 is 5.32 Å². The summed E-state index contributed by atoms with van der Waals surface area (Å²) in [7, 11) is 1.65. The fourth-order valence-corrected chi connectivity index (χ4v) is 4.81. The highest BCUT2D eigenvalue weighted by Gasteiger charge is 2.37. The first-order chi connectivity index (χ1) is 17.7. The third kappa shape index (κ3) is 6.77. The number of nitrogens with zero attached hydrogens (tertiary/aromatic N) is 2. The van der Waals surface area contributed by atoms with Crippen LogP contribution in [0.25, 0.3) is 11.1 Å². The van der Waals surface area contributed by atoms with Gasteiger partial charge in [0.15, 0.2) is 0 Å². The average Bonchev–Trinajstić information content (AvgIpc) is 2.86. The van der Waals surface area contributed by atoms with E-state index in [1.165, 1.54) is 20.9 Å². The maximum Gasteiger partial charge on any atom is 0.246 e. The summed E-state index contributed by atoms with van der Waals surface area (Å²) in [6.07, 6.45) is 1.04. The Balaban J connectivity index is 1.36. The molecule has 0 saturated carbocycles. The molecule has 1 heterocycles. The van der Waals surface area contributed by atoms with Crippen molar-refractivity contribution in [2.75, 3.05) is 26.7 Å². The zero-order valence-electron chi connectivity index (χ0n) is 21.5. The van der Waals surface area contributed by atoms with Crippen LogP contribution in [0.4, 0.5) is 0 Å². The van der Waals surface area contributed by atoms with Crippen molar-refractivity contribution in [3.8, 4) is 11.1 Å². The van der Waals surface area contributed by atoms with Gasteiger partial charge in [0.2, 0.25) is 17.7 Å². The topological polar surface area (TPSA) is 69.7 Å². The van der Waals surface area contributed by atoms with Crippen LogP contribution in [0.3, 0.4) is 0 Å². The predicted molar refractivity (Wildman–Crippen MR) is 146 cm³/mol. The van der Waals surface area contributed by atoms with E-state index in [4.69, 9.17) is 11.6 Å². The van der Waals surface area contributed by atoms with E-state index in [9.17, 15) is 14.4 Å². The van der Waals surface area contributed by atoms with Gasteiger partial charge in [0.25, 0.3) is 0 Å². The van der Waals surface area contributed by atoms with Gasteiger partial charge in [0, 0.05) is 25.0 Å². The van der Waals surface area contributed by atoms with Gasteiger partial charge in [-0.15, -0.1) is 0 Å². The molecule has 7 heteroatoms. The van der Waals surface area contributed by atoms with E-state index < -0.39 is 6.04 Å². The molecule has 0 spiro atoms. The van der Waals surface area contributed by atoms with Crippen LogP contribution in [-0.4, -0.2) is 60.2 Å². The number of halogens is 1. The summed E-state index contributed by atoms with van der Waals surface area (Å²) in [5.74, 6) is -0.671. The SMILES string of the molecule is Cc1cc(C)cc(-c2ccc(CC3C(=O)N(CC(=O)NCCc4ccc(Cl)cc4)CC(=O)N3C)cc2)c1. The predicted octanol–water partition coefficient (Wildman–Crippen LogP) is 4.19. The van der Waals surface area contributed by atoms with Crippen molar-refractivity contribution in [3.05, 3.63) is 94.0 Å². The second-order valence-corrected chi connectivity index (χ2v) is 10.2. The summed E-state index contributed by atoms with van der Waals surface area (Å²) in [4.78, 5) is 41.3. The minimum Gasteiger partial charge on any atom is -0.354 e. The summed E-state index contributed by atoms with van der Waals surface area (Å²) < 4.78 is 0. The number of amides is 3. The second-order valence-electron chi connectivity index (χ2n) is 9.72. The Morgan fingerprint density at radius 2 is 1.54 bits per heavy atom. The van der Waals surface area contributed by atoms with Crippen LogP contribution in [0.1, 0.15) is 22.3 Å². The van der Waals surface area contributed by atoms with Gasteiger partial charge in [-0.25, -0.2) is 0 Å².